The molecule has 8 heteroatoms. The van der Waals surface area contributed by atoms with Crippen molar-refractivity contribution in [2.75, 3.05) is 23.3 Å². The molecule has 1 fully saturated rings. The number of carbonyl (C=O) groups is 1. The molecule has 0 spiro atoms. The average molecular weight is 389 g/mol. The van der Waals surface area contributed by atoms with Gasteiger partial charge in [0, 0.05) is 30.8 Å². The average Bonchev–Trinajstić information content (AvgIpc) is 3.29. The van der Waals surface area contributed by atoms with Crippen molar-refractivity contribution in [1.29, 1.82) is 0 Å². The Kier molecular flexibility index (Phi) is 5.15. The van der Waals surface area contributed by atoms with E-state index in [4.69, 9.17) is 0 Å². The van der Waals surface area contributed by atoms with Crippen molar-refractivity contribution in [3.05, 3.63) is 76.6 Å². The number of rotatable bonds is 5. The molecule has 1 saturated heterocycles. The van der Waals surface area contributed by atoms with Crippen LogP contribution in [-0.4, -0.2) is 33.9 Å². The van der Waals surface area contributed by atoms with E-state index in [-0.39, 0.29) is 11.3 Å². The molecule has 1 amide bonds. The van der Waals surface area contributed by atoms with Gasteiger partial charge in [0.15, 0.2) is 5.82 Å². The fraction of sp³-hybridized carbons (Fsp3) is 0.190. The molecule has 2 aromatic carbocycles. The molecule has 0 bridgehead atoms. The highest BCUT2D eigenvalue weighted by Crippen LogP contribution is 2.29. The van der Waals surface area contributed by atoms with Crippen molar-refractivity contribution >= 4 is 23.0 Å². The maximum atomic E-state index is 12.9. The Morgan fingerprint density at radius 1 is 1.03 bits per heavy atom. The Hall–Kier alpha value is -3.81. The fourth-order valence-corrected chi connectivity index (χ4v) is 3.38. The number of non-ortho nitro benzene ring substituents is 1. The summed E-state index contributed by atoms with van der Waals surface area (Å²) in [6, 6.07) is 13.9. The fourth-order valence-electron chi connectivity index (χ4n) is 3.38. The van der Waals surface area contributed by atoms with Gasteiger partial charge in [0.2, 0.25) is 0 Å². The van der Waals surface area contributed by atoms with E-state index in [1.165, 1.54) is 24.5 Å². The third-order valence-electron chi connectivity index (χ3n) is 4.82. The molecule has 1 aliphatic heterocycles. The normalized spacial score (nSPS) is 13.3. The second kappa shape index (κ2) is 8.05. The summed E-state index contributed by atoms with van der Waals surface area (Å²) < 4.78 is 0. The van der Waals surface area contributed by atoms with E-state index in [0.29, 0.717) is 17.2 Å². The first-order valence-electron chi connectivity index (χ1n) is 9.34. The minimum Gasteiger partial charge on any atom is -0.371 e. The zero-order valence-electron chi connectivity index (χ0n) is 15.6. The number of nitrogens with zero attached hydrogens (tertiary/aromatic N) is 4. The van der Waals surface area contributed by atoms with E-state index in [1.807, 2.05) is 30.3 Å². The minimum atomic E-state index is -0.498. The SMILES string of the molecule is O=C(Nc1cnc(-c2ccccc2)nc1)c1cc([N+](=O)[O-])ccc1N1CCCC1. The van der Waals surface area contributed by atoms with Crippen LogP contribution in [0.25, 0.3) is 11.4 Å². The maximum Gasteiger partial charge on any atom is 0.270 e. The number of nitro benzene ring substituents is 1. The maximum absolute atomic E-state index is 12.9. The smallest absolute Gasteiger partial charge is 0.270 e. The number of hydrogen-bond acceptors (Lipinski definition) is 6. The van der Waals surface area contributed by atoms with Gasteiger partial charge < -0.3 is 10.2 Å². The molecule has 0 radical (unpaired) electrons. The standard InChI is InChI=1S/C21H19N5O3/c27-21(24-16-13-22-20(23-14-16)15-6-2-1-3-7-15)18-12-17(26(28)29)8-9-19(18)25-10-4-5-11-25/h1-3,6-9,12-14H,4-5,10-11H2,(H,24,27). The number of nitrogens with one attached hydrogen (secondary N) is 1. The van der Waals surface area contributed by atoms with Gasteiger partial charge in [0.05, 0.1) is 34.3 Å². The third-order valence-corrected chi connectivity index (χ3v) is 4.82. The van der Waals surface area contributed by atoms with Gasteiger partial charge in [0.25, 0.3) is 11.6 Å². The van der Waals surface area contributed by atoms with Gasteiger partial charge in [-0.15, -0.1) is 0 Å². The zero-order valence-corrected chi connectivity index (χ0v) is 15.6. The summed E-state index contributed by atoms with van der Waals surface area (Å²) in [4.78, 5) is 34.3. The van der Waals surface area contributed by atoms with Crippen LogP contribution in [0.5, 0.6) is 0 Å². The van der Waals surface area contributed by atoms with Crippen LogP contribution in [-0.2, 0) is 0 Å². The number of nitro groups is 1. The molecule has 3 aromatic rings. The molecular weight excluding hydrogens is 370 g/mol. The number of benzene rings is 2. The Bertz CT molecular complexity index is 1030. The van der Waals surface area contributed by atoms with Gasteiger partial charge in [0.1, 0.15) is 0 Å². The molecule has 1 aromatic heterocycles. The van der Waals surface area contributed by atoms with Crippen molar-refractivity contribution in [3.8, 4) is 11.4 Å². The molecule has 29 heavy (non-hydrogen) atoms. The van der Waals surface area contributed by atoms with E-state index in [9.17, 15) is 14.9 Å². The second-order valence-electron chi connectivity index (χ2n) is 6.77. The van der Waals surface area contributed by atoms with Crippen LogP contribution in [0.2, 0.25) is 0 Å². The predicted octanol–water partition coefficient (Wildman–Crippen LogP) is 3.90. The summed E-state index contributed by atoms with van der Waals surface area (Å²) in [7, 11) is 0. The number of hydrogen-bond donors (Lipinski definition) is 1. The number of carbonyl (C=O) groups excluding carboxylic acids is 1. The molecule has 4 rings (SSSR count). The van der Waals surface area contributed by atoms with E-state index in [0.717, 1.165) is 31.5 Å². The Labute approximate surface area is 167 Å². The highest BCUT2D eigenvalue weighted by molar-refractivity contribution is 6.08. The van der Waals surface area contributed by atoms with E-state index >= 15 is 0 Å². The quantitative estimate of drug-likeness (QED) is 0.524. The zero-order chi connectivity index (χ0) is 20.2. The molecule has 0 saturated carbocycles. The molecule has 8 nitrogen and oxygen atoms in total. The number of anilines is 2. The van der Waals surface area contributed by atoms with Crippen molar-refractivity contribution in [2.24, 2.45) is 0 Å². The van der Waals surface area contributed by atoms with Gasteiger partial charge in [-0.05, 0) is 18.9 Å². The first-order valence-corrected chi connectivity index (χ1v) is 9.34. The molecule has 0 unspecified atom stereocenters. The second-order valence-corrected chi connectivity index (χ2v) is 6.77. The molecule has 1 aliphatic rings. The van der Waals surface area contributed by atoms with Crippen molar-refractivity contribution in [2.45, 2.75) is 12.8 Å². The van der Waals surface area contributed by atoms with Crippen LogP contribution in [0.3, 0.4) is 0 Å². The van der Waals surface area contributed by atoms with Crippen LogP contribution in [0.1, 0.15) is 23.2 Å². The van der Waals surface area contributed by atoms with Gasteiger partial charge >= 0.3 is 0 Å². The van der Waals surface area contributed by atoms with Gasteiger partial charge in [-0.3, -0.25) is 14.9 Å². The number of aromatic nitrogens is 2. The summed E-state index contributed by atoms with van der Waals surface area (Å²) in [6.07, 6.45) is 5.12. The van der Waals surface area contributed by atoms with E-state index < -0.39 is 10.8 Å². The Balaban J connectivity index is 1.59. The van der Waals surface area contributed by atoms with Crippen molar-refractivity contribution < 1.29 is 9.72 Å². The van der Waals surface area contributed by atoms with Crippen LogP contribution in [0, 0.1) is 10.1 Å². The van der Waals surface area contributed by atoms with Crippen molar-refractivity contribution in [1.82, 2.24) is 9.97 Å². The minimum absolute atomic E-state index is 0.117. The summed E-state index contributed by atoms with van der Waals surface area (Å²) in [5.41, 5.74) is 2.16. The summed E-state index contributed by atoms with van der Waals surface area (Å²) in [5.74, 6) is 0.128. The first kappa shape index (κ1) is 18.5. The Morgan fingerprint density at radius 3 is 2.38 bits per heavy atom. The van der Waals surface area contributed by atoms with E-state index in [2.05, 4.69) is 20.2 Å². The number of amides is 1. The Morgan fingerprint density at radius 2 is 1.72 bits per heavy atom. The predicted molar refractivity (Wildman–Crippen MR) is 110 cm³/mol. The summed E-state index contributed by atoms with van der Waals surface area (Å²) >= 11 is 0. The topological polar surface area (TPSA) is 101 Å². The molecule has 146 valence electrons. The summed E-state index contributed by atoms with van der Waals surface area (Å²) in [6.45, 7) is 1.65. The molecular formula is C21H19N5O3. The molecule has 0 aliphatic carbocycles. The first-order chi connectivity index (χ1) is 14.1. The molecule has 1 N–H and O–H groups in total. The van der Waals surface area contributed by atoms with Crippen molar-refractivity contribution in [3.63, 3.8) is 0 Å². The summed E-state index contributed by atoms with van der Waals surface area (Å²) in [5, 5.41) is 13.9. The molecule has 2 heterocycles. The van der Waals surface area contributed by atoms with Crippen LogP contribution in [0.4, 0.5) is 17.1 Å². The third kappa shape index (κ3) is 4.06. The monoisotopic (exact) mass is 389 g/mol. The highest BCUT2D eigenvalue weighted by Gasteiger charge is 2.22. The van der Waals surface area contributed by atoms with Gasteiger partial charge in [-0.1, -0.05) is 30.3 Å². The lowest BCUT2D eigenvalue weighted by Gasteiger charge is -2.20. The lowest BCUT2D eigenvalue weighted by molar-refractivity contribution is -0.384. The van der Waals surface area contributed by atoms with Crippen LogP contribution >= 0.6 is 0 Å². The largest absolute Gasteiger partial charge is 0.371 e. The highest BCUT2D eigenvalue weighted by atomic mass is 16.6. The lowest BCUT2D eigenvalue weighted by atomic mass is 10.1. The van der Waals surface area contributed by atoms with Crippen LogP contribution in [0.15, 0.2) is 60.9 Å². The van der Waals surface area contributed by atoms with Gasteiger partial charge in [-0.2, -0.15) is 0 Å². The lowest BCUT2D eigenvalue weighted by Crippen LogP contribution is -2.23. The van der Waals surface area contributed by atoms with Gasteiger partial charge in [-0.25, -0.2) is 9.97 Å². The molecule has 0 atom stereocenters. The van der Waals surface area contributed by atoms with E-state index in [1.54, 1.807) is 6.07 Å². The van der Waals surface area contributed by atoms with Crippen LogP contribution < -0.4 is 10.2 Å².